The second-order valence-electron chi connectivity index (χ2n) is 6.82. The van der Waals surface area contributed by atoms with Crippen molar-refractivity contribution in [2.75, 3.05) is 0 Å². The van der Waals surface area contributed by atoms with Crippen molar-refractivity contribution in [3.63, 3.8) is 0 Å². The molecule has 1 N–H and O–H groups in total. The smallest absolute Gasteiger partial charge is 0.255 e. The number of hydrogen-bond donors (Lipinski definition) is 1. The molecule has 0 saturated carbocycles. The number of rotatable bonds is 5. The van der Waals surface area contributed by atoms with Gasteiger partial charge in [0.25, 0.3) is 5.91 Å². The Morgan fingerprint density at radius 2 is 1.41 bits per heavy atom. The first-order chi connectivity index (χ1) is 14.1. The molecule has 0 aliphatic carbocycles. The first-order valence-corrected chi connectivity index (χ1v) is 9.77. The molecular formula is C25H20ClNO2. The van der Waals surface area contributed by atoms with E-state index in [1.807, 2.05) is 72.8 Å². The summed E-state index contributed by atoms with van der Waals surface area (Å²) in [6.45, 7) is 1.80. The molecule has 0 aliphatic rings. The van der Waals surface area contributed by atoms with Gasteiger partial charge >= 0.3 is 0 Å². The van der Waals surface area contributed by atoms with Crippen molar-refractivity contribution in [1.82, 2.24) is 5.32 Å². The summed E-state index contributed by atoms with van der Waals surface area (Å²) in [5.74, 6) is 1.04. The van der Waals surface area contributed by atoms with Crippen LogP contribution in [0.2, 0.25) is 5.02 Å². The van der Waals surface area contributed by atoms with Crippen LogP contribution in [0.15, 0.2) is 95.4 Å². The molecule has 0 spiro atoms. The van der Waals surface area contributed by atoms with E-state index in [9.17, 15) is 4.79 Å². The molecule has 3 aromatic carbocycles. The third-order valence-corrected chi connectivity index (χ3v) is 5.08. The minimum atomic E-state index is -0.252. The minimum Gasteiger partial charge on any atom is -0.461 e. The van der Waals surface area contributed by atoms with Gasteiger partial charge in [-0.1, -0.05) is 72.3 Å². The number of benzene rings is 3. The highest BCUT2D eigenvalue weighted by atomic mass is 35.5. The Labute approximate surface area is 175 Å². The SMILES string of the molecule is Cc1oc(-c2ccc(Cl)cc2)cc1C(=O)NC(c1ccccc1)c1ccccc1. The van der Waals surface area contributed by atoms with E-state index in [1.54, 1.807) is 25.1 Å². The highest BCUT2D eigenvalue weighted by Gasteiger charge is 2.21. The van der Waals surface area contributed by atoms with Gasteiger partial charge in [0.05, 0.1) is 11.6 Å². The van der Waals surface area contributed by atoms with Gasteiger partial charge in [0.15, 0.2) is 0 Å². The summed E-state index contributed by atoms with van der Waals surface area (Å²) in [7, 11) is 0. The predicted molar refractivity (Wildman–Crippen MR) is 116 cm³/mol. The van der Waals surface area contributed by atoms with Crippen molar-refractivity contribution in [2.45, 2.75) is 13.0 Å². The molecule has 1 amide bonds. The molecule has 1 heterocycles. The van der Waals surface area contributed by atoms with Gasteiger partial charge in [0, 0.05) is 10.6 Å². The molecule has 0 atom stereocenters. The van der Waals surface area contributed by atoms with E-state index in [2.05, 4.69) is 5.32 Å². The first-order valence-electron chi connectivity index (χ1n) is 9.39. The molecular weight excluding hydrogens is 382 g/mol. The van der Waals surface area contributed by atoms with Gasteiger partial charge in [-0.25, -0.2) is 0 Å². The Bertz CT molecular complexity index is 1060. The lowest BCUT2D eigenvalue weighted by Gasteiger charge is -2.19. The molecule has 4 aromatic rings. The van der Waals surface area contributed by atoms with E-state index >= 15 is 0 Å². The Morgan fingerprint density at radius 3 is 1.97 bits per heavy atom. The van der Waals surface area contributed by atoms with Gasteiger partial charge in [0.2, 0.25) is 0 Å². The van der Waals surface area contributed by atoms with Crippen molar-refractivity contribution in [2.24, 2.45) is 0 Å². The van der Waals surface area contributed by atoms with Crippen LogP contribution in [0.4, 0.5) is 0 Å². The fourth-order valence-corrected chi connectivity index (χ4v) is 3.45. The Morgan fingerprint density at radius 1 is 0.862 bits per heavy atom. The predicted octanol–water partition coefficient (Wildman–Crippen LogP) is 6.43. The molecule has 0 bridgehead atoms. The summed E-state index contributed by atoms with van der Waals surface area (Å²) >= 11 is 5.97. The van der Waals surface area contributed by atoms with E-state index < -0.39 is 0 Å². The highest BCUT2D eigenvalue weighted by Crippen LogP contribution is 2.28. The average molecular weight is 402 g/mol. The summed E-state index contributed by atoms with van der Waals surface area (Å²) in [6, 6.07) is 28.7. The van der Waals surface area contributed by atoms with E-state index in [-0.39, 0.29) is 11.9 Å². The van der Waals surface area contributed by atoms with Crippen LogP contribution in [-0.2, 0) is 0 Å². The van der Waals surface area contributed by atoms with Crippen LogP contribution in [0.1, 0.15) is 33.3 Å². The largest absolute Gasteiger partial charge is 0.461 e. The van der Waals surface area contributed by atoms with Crippen LogP contribution in [0.3, 0.4) is 0 Å². The normalized spacial score (nSPS) is 10.9. The maximum absolute atomic E-state index is 13.1. The summed E-state index contributed by atoms with van der Waals surface area (Å²) in [6.07, 6.45) is 0. The maximum atomic E-state index is 13.1. The van der Waals surface area contributed by atoms with Crippen LogP contribution in [0.25, 0.3) is 11.3 Å². The fourth-order valence-electron chi connectivity index (χ4n) is 3.32. The van der Waals surface area contributed by atoms with Gasteiger partial charge in [-0.05, 0) is 48.4 Å². The van der Waals surface area contributed by atoms with E-state index in [1.165, 1.54) is 0 Å². The van der Waals surface area contributed by atoms with Crippen molar-refractivity contribution in [3.05, 3.63) is 118 Å². The molecule has 0 aliphatic heterocycles. The van der Waals surface area contributed by atoms with Crippen LogP contribution in [0.5, 0.6) is 0 Å². The summed E-state index contributed by atoms with van der Waals surface area (Å²) < 4.78 is 5.85. The lowest BCUT2D eigenvalue weighted by Crippen LogP contribution is -2.29. The lowest BCUT2D eigenvalue weighted by atomic mass is 9.98. The zero-order valence-electron chi connectivity index (χ0n) is 15.9. The maximum Gasteiger partial charge on any atom is 0.255 e. The number of carbonyl (C=O) groups excluding carboxylic acids is 1. The standard InChI is InChI=1S/C25H20ClNO2/c1-17-22(16-23(29-17)18-12-14-21(26)15-13-18)25(28)27-24(19-8-4-2-5-9-19)20-10-6-3-7-11-20/h2-16,24H,1H3,(H,27,28). The number of aryl methyl sites for hydroxylation is 1. The Hall–Kier alpha value is -3.30. The zero-order chi connectivity index (χ0) is 20.2. The van der Waals surface area contributed by atoms with Crippen molar-refractivity contribution < 1.29 is 9.21 Å². The molecule has 4 rings (SSSR count). The fraction of sp³-hybridized carbons (Fsp3) is 0.0800. The zero-order valence-corrected chi connectivity index (χ0v) is 16.7. The number of furan rings is 1. The molecule has 3 nitrogen and oxygen atoms in total. The summed E-state index contributed by atoms with van der Waals surface area (Å²) in [4.78, 5) is 13.1. The monoisotopic (exact) mass is 401 g/mol. The Kier molecular flexibility index (Phi) is 5.50. The third kappa shape index (κ3) is 4.25. The number of hydrogen-bond acceptors (Lipinski definition) is 2. The molecule has 1 aromatic heterocycles. The van der Waals surface area contributed by atoms with Crippen LogP contribution in [-0.4, -0.2) is 5.91 Å². The van der Waals surface area contributed by atoms with Gasteiger partial charge in [0.1, 0.15) is 11.5 Å². The highest BCUT2D eigenvalue weighted by molar-refractivity contribution is 6.30. The summed E-state index contributed by atoms with van der Waals surface area (Å²) in [5.41, 5.74) is 3.43. The molecule has 144 valence electrons. The number of carbonyl (C=O) groups is 1. The van der Waals surface area contributed by atoms with Crippen molar-refractivity contribution >= 4 is 17.5 Å². The molecule has 0 unspecified atom stereocenters. The van der Waals surface area contributed by atoms with Crippen molar-refractivity contribution in [3.8, 4) is 11.3 Å². The number of halogens is 1. The minimum absolute atomic E-state index is 0.177. The van der Waals surface area contributed by atoms with Gasteiger partial charge < -0.3 is 9.73 Å². The first kappa shape index (κ1) is 19.0. The van der Waals surface area contributed by atoms with Gasteiger partial charge in [-0.3, -0.25) is 4.79 Å². The van der Waals surface area contributed by atoms with Gasteiger partial charge in [-0.15, -0.1) is 0 Å². The summed E-state index contributed by atoms with van der Waals surface area (Å²) in [5, 5.41) is 3.82. The lowest BCUT2D eigenvalue weighted by molar-refractivity contribution is 0.0941. The molecule has 29 heavy (non-hydrogen) atoms. The van der Waals surface area contributed by atoms with Crippen LogP contribution in [0, 0.1) is 6.92 Å². The molecule has 4 heteroatoms. The average Bonchev–Trinajstić information content (AvgIpc) is 3.15. The number of amides is 1. The molecule has 0 saturated heterocycles. The topological polar surface area (TPSA) is 42.2 Å². The second kappa shape index (κ2) is 8.38. The molecule has 0 radical (unpaired) electrons. The quantitative estimate of drug-likeness (QED) is 0.418. The van der Waals surface area contributed by atoms with E-state index in [4.69, 9.17) is 16.0 Å². The second-order valence-corrected chi connectivity index (χ2v) is 7.25. The van der Waals surface area contributed by atoms with Crippen LogP contribution >= 0.6 is 11.6 Å². The van der Waals surface area contributed by atoms with Crippen LogP contribution < -0.4 is 5.32 Å². The molecule has 0 fully saturated rings. The van der Waals surface area contributed by atoms with E-state index in [0.29, 0.717) is 22.1 Å². The van der Waals surface area contributed by atoms with E-state index in [0.717, 1.165) is 16.7 Å². The van der Waals surface area contributed by atoms with Crippen molar-refractivity contribution in [1.29, 1.82) is 0 Å². The third-order valence-electron chi connectivity index (χ3n) is 4.83. The van der Waals surface area contributed by atoms with Gasteiger partial charge in [-0.2, -0.15) is 0 Å². The number of nitrogens with one attached hydrogen (secondary N) is 1. The Balaban J connectivity index is 1.64.